The summed E-state index contributed by atoms with van der Waals surface area (Å²) in [5.74, 6) is 0.350. The highest BCUT2D eigenvalue weighted by Crippen LogP contribution is 2.40. The number of thioether (sulfide) groups is 1. The SMILES string of the molecule is COc1ccc(CN(C)C(=O)C[C@H]2Sc3ccc(C(F)(F)F)cc3NC2=O)cc1OC. The number of carbonyl (C=O) groups excluding carboxylic acids is 2. The van der Waals surface area contributed by atoms with E-state index < -0.39 is 22.9 Å². The number of rotatable bonds is 6. The first kappa shape index (κ1) is 22.8. The highest BCUT2D eigenvalue weighted by Gasteiger charge is 2.34. The molecule has 1 N–H and O–H groups in total. The van der Waals surface area contributed by atoms with E-state index in [2.05, 4.69) is 5.32 Å². The van der Waals surface area contributed by atoms with Gasteiger partial charge in [0.1, 0.15) is 0 Å². The molecular weight excluding hydrogens is 433 g/mol. The minimum atomic E-state index is -4.50. The van der Waals surface area contributed by atoms with Crippen LogP contribution >= 0.6 is 11.8 Å². The zero-order valence-corrected chi connectivity index (χ0v) is 17.9. The highest BCUT2D eigenvalue weighted by molar-refractivity contribution is 8.01. The van der Waals surface area contributed by atoms with Gasteiger partial charge in [0.2, 0.25) is 11.8 Å². The number of benzene rings is 2. The normalized spacial score (nSPS) is 15.7. The summed E-state index contributed by atoms with van der Waals surface area (Å²) in [5.41, 5.74) is 0.0859. The summed E-state index contributed by atoms with van der Waals surface area (Å²) in [6.07, 6.45) is -4.58. The molecule has 0 aliphatic carbocycles. The van der Waals surface area contributed by atoms with Gasteiger partial charge >= 0.3 is 6.18 Å². The van der Waals surface area contributed by atoms with E-state index in [9.17, 15) is 22.8 Å². The van der Waals surface area contributed by atoms with E-state index in [4.69, 9.17) is 9.47 Å². The molecule has 2 aromatic carbocycles. The summed E-state index contributed by atoms with van der Waals surface area (Å²) in [6.45, 7) is 0.295. The van der Waals surface area contributed by atoms with Crippen molar-refractivity contribution < 1.29 is 32.2 Å². The van der Waals surface area contributed by atoms with Crippen LogP contribution in [0.1, 0.15) is 17.5 Å². The van der Waals surface area contributed by atoms with E-state index in [1.165, 1.54) is 25.2 Å². The lowest BCUT2D eigenvalue weighted by Gasteiger charge is -2.26. The van der Waals surface area contributed by atoms with Crippen LogP contribution in [0, 0.1) is 0 Å². The molecule has 3 rings (SSSR count). The second kappa shape index (κ2) is 9.09. The number of carbonyl (C=O) groups is 2. The molecule has 6 nitrogen and oxygen atoms in total. The lowest BCUT2D eigenvalue weighted by Crippen LogP contribution is -2.35. The van der Waals surface area contributed by atoms with Crippen molar-refractivity contribution in [1.29, 1.82) is 0 Å². The third-order valence-electron chi connectivity index (χ3n) is 4.78. The summed E-state index contributed by atoms with van der Waals surface area (Å²) < 4.78 is 49.1. The molecule has 0 radical (unpaired) electrons. The molecule has 0 unspecified atom stereocenters. The zero-order valence-electron chi connectivity index (χ0n) is 17.1. The van der Waals surface area contributed by atoms with Crippen LogP contribution in [-0.2, 0) is 22.3 Å². The van der Waals surface area contributed by atoms with Crippen molar-refractivity contribution >= 4 is 29.3 Å². The van der Waals surface area contributed by atoms with E-state index >= 15 is 0 Å². The van der Waals surface area contributed by atoms with E-state index in [0.29, 0.717) is 22.9 Å². The van der Waals surface area contributed by atoms with Gasteiger partial charge in [0, 0.05) is 24.9 Å². The lowest BCUT2D eigenvalue weighted by atomic mass is 10.1. The van der Waals surface area contributed by atoms with Crippen LogP contribution in [-0.4, -0.2) is 43.2 Å². The Morgan fingerprint density at radius 3 is 2.48 bits per heavy atom. The molecule has 0 saturated carbocycles. The van der Waals surface area contributed by atoms with Gasteiger partial charge in [-0.25, -0.2) is 0 Å². The molecule has 1 aliphatic rings. The van der Waals surface area contributed by atoms with Crippen LogP contribution in [0.15, 0.2) is 41.3 Å². The Kier molecular flexibility index (Phi) is 6.68. The quantitative estimate of drug-likeness (QED) is 0.709. The van der Waals surface area contributed by atoms with E-state index in [1.807, 2.05) is 6.07 Å². The average molecular weight is 454 g/mol. The van der Waals surface area contributed by atoms with Crippen molar-refractivity contribution in [3.05, 3.63) is 47.5 Å². The van der Waals surface area contributed by atoms with Crippen LogP contribution in [0.2, 0.25) is 0 Å². The van der Waals surface area contributed by atoms with Crippen molar-refractivity contribution in [2.75, 3.05) is 26.6 Å². The number of nitrogens with zero attached hydrogens (tertiary/aromatic N) is 1. The average Bonchev–Trinajstić information content (AvgIpc) is 2.73. The number of fused-ring (bicyclic) bond motifs is 1. The van der Waals surface area contributed by atoms with Gasteiger partial charge in [-0.2, -0.15) is 13.2 Å². The Hall–Kier alpha value is -2.88. The van der Waals surface area contributed by atoms with E-state index in [1.54, 1.807) is 19.2 Å². The third-order valence-corrected chi connectivity index (χ3v) is 6.06. The molecule has 1 atom stereocenters. The third kappa shape index (κ3) is 5.25. The molecule has 1 aliphatic heterocycles. The summed E-state index contributed by atoms with van der Waals surface area (Å²) in [7, 11) is 4.67. The second-order valence-electron chi connectivity index (χ2n) is 6.95. The van der Waals surface area contributed by atoms with Crippen molar-refractivity contribution in [3.63, 3.8) is 0 Å². The molecule has 0 spiro atoms. The van der Waals surface area contributed by atoms with Crippen LogP contribution in [0.5, 0.6) is 11.5 Å². The molecule has 2 aromatic rings. The van der Waals surface area contributed by atoms with Gasteiger partial charge < -0.3 is 19.7 Å². The maximum absolute atomic E-state index is 12.9. The minimum Gasteiger partial charge on any atom is -0.493 e. The molecule has 0 bridgehead atoms. The summed E-state index contributed by atoms with van der Waals surface area (Å²) in [5, 5.41) is 1.75. The number of ether oxygens (including phenoxy) is 2. The largest absolute Gasteiger partial charge is 0.493 e. The fourth-order valence-electron chi connectivity index (χ4n) is 3.12. The fourth-order valence-corrected chi connectivity index (χ4v) is 4.20. The fraction of sp³-hybridized carbons (Fsp3) is 0.333. The molecular formula is C21H21F3N2O4S. The van der Waals surface area contributed by atoms with Crippen molar-refractivity contribution in [1.82, 2.24) is 4.90 Å². The molecule has 31 heavy (non-hydrogen) atoms. The first-order valence-corrected chi connectivity index (χ1v) is 10.1. The molecule has 0 aromatic heterocycles. The predicted molar refractivity (Wildman–Crippen MR) is 110 cm³/mol. The van der Waals surface area contributed by atoms with Crippen molar-refractivity contribution in [3.8, 4) is 11.5 Å². The molecule has 0 saturated heterocycles. The number of anilines is 1. The maximum Gasteiger partial charge on any atom is 0.416 e. The predicted octanol–water partition coefficient (Wildman–Crippen LogP) is 4.18. The molecule has 0 fully saturated rings. The Morgan fingerprint density at radius 1 is 1.13 bits per heavy atom. The number of hydrogen-bond acceptors (Lipinski definition) is 5. The standard InChI is InChI=1S/C21H21F3N2O4S/c1-26(11-12-4-6-15(29-2)16(8-12)30-3)19(27)10-18-20(28)25-14-9-13(21(22,23)24)5-7-17(14)31-18/h4-9,18H,10-11H2,1-3H3,(H,25,28)/t18-/m1/s1. The second-order valence-corrected chi connectivity index (χ2v) is 8.19. The van der Waals surface area contributed by atoms with Crippen LogP contribution < -0.4 is 14.8 Å². The van der Waals surface area contributed by atoms with Gasteiger partial charge in [0.15, 0.2) is 11.5 Å². The van der Waals surface area contributed by atoms with Crippen molar-refractivity contribution in [2.45, 2.75) is 29.3 Å². The first-order valence-electron chi connectivity index (χ1n) is 9.26. The minimum absolute atomic E-state index is 0.0826. The monoisotopic (exact) mass is 454 g/mol. The van der Waals surface area contributed by atoms with Gasteiger partial charge in [0.05, 0.1) is 30.7 Å². The Labute approximate surface area is 181 Å². The van der Waals surface area contributed by atoms with Gasteiger partial charge in [0.25, 0.3) is 0 Å². The number of amides is 2. The number of halogens is 3. The lowest BCUT2D eigenvalue weighted by molar-refractivity contribution is -0.137. The summed E-state index contributed by atoms with van der Waals surface area (Å²) >= 11 is 1.08. The topological polar surface area (TPSA) is 67.9 Å². The zero-order chi connectivity index (χ0) is 22.8. The van der Waals surface area contributed by atoms with Gasteiger partial charge in [-0.1, -0.05) is 6.07 Å². The number of hydrogen-bond donors (Lipinski definition) is 1. The molecule has 1 heterocycles. The summed E-state index contributed by atoms with van der Waals surface area (Å²) in [6, 6.07) is 8.49. The van der Waals surface area contributed by atoms with Gasteiger partial charge in [-0.05, 0) is 35.9 Å². The highest BCUT2D eigenvalue weighted by atomic mass is 32.2. The Balaban J connectivity index is 1.66. The van der Waals surface area contributed by atoms with E-state index in [-0.39, 0.29) is 18.0 Å². The molecule has 2 amide bonds. The van der Waals surface area contributed by atoms with Crippen LogP contribution in [0.4, 0.5) is 18.9 Å². The van der Waals surface area contributed by atoms with Crippen LogP contribution in [0.25, 0.3) is 0 Å². The summed E-state index contributed by atoms with van der Waals surface area (Å²) in [4.78, 5) is 27.0. The number of methoxy groups -OCH3 is 2. The Morgan fingerprint density at radius 2 is 1.84 bits per heavy atom. The maximum atomic E-state index is 12.9. The smallest absolute Gasteiger partial charge is 0.416 e. The molecule has 166 valence electrons. The van der Waals surface area contributed by atoms with Gasteiger partial charge in [-0.15, -0.1) is 11.8 Å². The molecule has 10 heteroatoms. The number of alkyl halides is 3. The Bertz CT molecular complexity index is 997. The van der Waals surface area contributed by atoms with Gasteiger partial charge in [-0.3, -0.25) is 9.59 Å². The number of nitrogens with one attached hydrogen (secondary N) is 1. The van der Waals surface area contributed by atoms with Crippen molar-refractivity contribution in [2.24, 2.45) is 0 Å². The first-order chi connectivity index (χ1) is 14.6. The van der Waals surface area contributed by atoms with Crippen LogP contribution in [0.3, 0.4) is 0 Å². The van der Waals surface area contributed by atoms with E-state index in [0.717, 1.165) is 29.5 Å².